The van der Waals surface area contributed by atoms with E-state index in [0.29, 0.717) is 23.7 Å². The van der Waals surface area contributed by atoms with Gasteiger partial charge in [0.05, 0.1) is 6.61 Å². The molecule has 0 aromatic carbocycles. The fraction of sp³-hybridized carbons (Fsp3) is 0.625. The molecule has 0 saturated heterocycles. The quantitative estimate of drug-likeness (QED) is 0.313. The maximum atomic E-state index is 11.8. The molecule has 0 aromatic heterocycles. The van der Waals surface area contributed by atoms with Crippen molar-refractivity contribution in [1.29, 1.82) is 0 Å². The zero-order chi connectivity index (χ0) is 16.6. The Bertz CT molecular complexity index is 422. The molecule has 0 radical (unpaired) electrons. The number of hydrogen-bond donors (Lipinski definition) is 0. The Morgan fingerprint density at radius 3 is 1.90 bits per heavy atom. The van der Waals surface area contributed by atoms with Crippen LogP contribution in [0.5, 0.6) is 0 Å². The Hall–Kier alpha value is -1.62. The number of nitrogens with zero attached hydrogens (tertiary/aromatic N) is 1. The van der Waals surface area contributed by atoms with Gasteiger partial charge in [0.1, 0.15) is 0 Å². The summed E-state index contributed by atoms with van der Waals surface area (Å²) < 4.78 is 10.3. The summed E-state index contributed by atoms with van der Waals surface area (Å²) in [6, 6.07) is 0. The lowest BCUT2D eigenvalue weighted by atomic mass is 10.2. The molecule has 0 amide bonds. The van der Waals surface area contributed by atoms with E-state index in [-0.39, 0.29) is 12.2 Å². The maximum Gasteiger partial charge on any atom is 0.335 e. The molecule has 0 aliphatic rings. The van der Waals surface area contributed by atoms with Crippen LogP contribution in [0.2, 0.25) is 0 Å². The lowest BCUT2D eigenvalue weighted by Gasteiger charge is -2.19. The van der Waals surface area contributed by atoms with Gasteiger partial charge >= 0.3 is 11.9 Å². The number of carbonyl (C=O) groups is 2. The first kappa shape index (κ1) is 19.4. The second kappa shape index (κ2) is 9.34. The fourth-order valence-corrected chi connectivity index (χ4v) is 1.10. The van der Waals surface area contributed by atoms with Crippen molar-refractivity contribution in [3.05, 3.63) is 23.3 Å². The van der Waals surface area contributed by atoms with Crippen molar-refractivity contribution in [3.63, 3.8) is 0 Å². The van der Waals surface area contributed by atoms with Gasteiger partial charge in [-0.25, -0.2) is 9.59 Å². The third-order valence-corrected chi connectivity index (χ3v) is 2.78. The highest BCUT2D eigenvalue weighted by Gasteiger charge is 2.12. The summed E-state index contributed by atoms with van der Waals surface area (Å²) in [6.45, 7) is 9.41. The van der Waals surface area contributed by atoms with Crippen LogP contribution < -0.4 is 0 Å². The van der Waals surface area contributed by atoms with Crippen LogP contribution in [-0.4, -0.2) is 43.8 Å². The van der Waals surface area contributed by atoms with Crippen LogP contribution in [0.1, 0.15) is 34.6 Å². The topological polar surface area (TPSA) is 55.8 Å². The standard InChI is InChI=1S/C16H27NO4/c1-11(2)10-20-15(18)12(3)8-9-13(4)16(19)21-14(5)17(6)7/h8-9,11,14H,10H2,1-7H3/b12-8+,13-9+. The number of hydrogen-bond acceptors (Lipinski definition) is 5. The fourth-order valence-electron chi connectivity index (χ4n) is 1.10. The van der Waals surface area contributed by atoms with E-state index >= 15 is 0 Å². The molecule has 1 atom stereocenters. The number of rotatable bonds is 7. The Morgan fingerprint density at radius 1 is 1.00 bits per heavy atom. The third-order valence-electron chi connectivity index (χ3n) is 2.78. The van der Waals surface area contributed by atoms with Gasteiger partial charge in [-0.15, -0.1) is 0 Å². The van der Waals surface area contributed by atoms with Gasteiger partial charge in [-0.2, -0.15) is 0 Å². The van der Waals surface area contributed by atoms with Crippen molar-refractivity contribution in [2.75, 3.05) is 20.7 Å². The van der Waals surface area contributed by atoms with Gasteiger partial charge in [0, 0.05) is 11.1 Å². The van der Waals surface area contributed by atoms with Crippen LogP contribution in [0, 0.1) is 5.92 Å². The maximum absolute atomic E-state index is 11.8. The number of esters is 2. The molecule has 0 aliphatic heterocycles. The molecule has 0 aliphatic carbocycles. The Kier molecular flexibility index (Phi) is 8.62. The lowest BCUT2D eigenvalue weighted by molar-refractivity contribution is -0.150. The summed E-state index contributed by atoms with van der Waals surface area (Å²) in [5.41, 5.74) is 0.878. The number of allylic oxidation sites excluding steroid dienone is 2. The van der Waals surface area contributed by atoms with Crippen molar-refractivity contribution >= 4 is 11.9 Å². The average molecular weight is 297 g/mol. The smallest absolute Gasteiger partial charge is 0.335 e. The molecule has 0 bridgehead atoms. The molecule has 0 saturated carbocycles. The van der Waals surface area contributed by atoms with Crippen LogP contribution >= 0.6 is 0 Å². The minimum Gasteiger partial charge on any atom is -0.462 e. The highest BCUT2D eigenvalue weighted by atomic mass is 16.6. The van der Waals surface area contributed by atoms with Crippen molar-refractivity contribution in [1.82, 2.24) is 4.90 Å². The summed E-state index contributed by atoms with van der Waals surface area (Å²) in [5.74, 6) is -0.486. The molecule has 0 fully saturated rings. The van der Waals surface area contributed by atoms with Crippen LogP contribution in [0.4, 0.5) is 0 Å². The van der Waals surface area contributed by atoms with Gasteiger partial charge in [0.25, 0.3) is 0 Å². The van der Waals surface area contributed by atoms with Gasteiger partial charge in [0.2, 0.25) is 0 Å². The van der Waals surface area contributed by atoms with E-state index in [0.717, 1.165) is 0 Å². The summed E-state index contributed by atoms with van der Waals surface area (Å²) in [7, 11) is 3.65. The molecule has 0 rings (SSSR count). The molecule has 120 valence electrons. The molecular formula is C16H27NO4. The zero-order valence-corrected chi connectivity index (χ0v) is 14.1. The monoisotopic (exact) mass is 297 g/mol. The Balaban J connectivity index is 4.58. The van der Waals surface area contributed by atoms with Crippen LogP contribution in [0.15, 0.2) is 23.3 Å². The molecule has 0 aromatic rings. The van der Waals surface area contributed by atoms with E-state index in [4.69, 9.17) is 9.47 Å². The summed E-state index contributed by atoms with van der Waals surface area (Å²) >= 11 is 0. The Labute approximate surface area is 127 Å². The second-order valence-electron chi connectivity index (χ2n) is 5.66. The molecule has 0 spiro atoms. The minimum absolute atomic E-state index is 0.293. The first-order valence-corrected chi connectivity index (χ1v) is 7.04. The first-order chi connectivity index (χ1) is 9.65. The number of ether oxygens (including phenoxy) is 2. The van der Waals surface area contributed by atoms with E-state index < -0.39 is 5.97 Å². The molecule has 1 unspecified atom stereocenters. The van der Waals surface area contributed by atoms with Crippen LogP contribution in [0.3, 0.4) is 0 Å². The van der Waals surface area contributed by atoms with E-state index in [1.807, 2.05) is 27.9 Å². The predicted molar refractivity (Wildman–Crippen MR) is 82.6 cm³/mol. The predicted octanol–water partition coefficient (Wildman–Crippen LogP) is 2.53. The van der Waals surface area contributed by atoms with Gasteiger partial charge in [-0.3, -0.25) is 4.90 Å². The number of carbonyl (C=O) groups excluding carboxylic acids is 2. The second-order valence-corrected chi connectivity index (χ2v) is 5.66. The van der Waals surface area contributed by atoms with E-state index in [1.54, 1.807) is 37.8 Å². The molecule has 5 heteroatoms. The average Bonchev–Trinajstić information content (AvgIpc) is 2.40. The lowest BCUT2D eigenvalue weighted by Crippen LogP contribution is -2.30. The van der Waals surface area contributed by atoms with E-state index in [1.165, 1.54) is 0 Å². The Morgan fingerprint density at radius 2 is 1.48 bits per heavy atom. The highest BCUT2D eigenvalue weighted by Crippen LogP contribution is 2.05. The molecule has 21 heavy (non-hydrogen) atoms. The van der Waals surface area contributed by atoms with Gasteiger partial charge in [-0.05, 0) is 40.8 Å². The minimum atomic E-state index is -0.407. The van der Waals surface area contributed by atoms with E-state index in [2.05, 4.69) is 0 Å². The van der Waals surface area contributed by atoms with Crippen LogP contribution in [0.25, 0.3) is 0 Å². The third kappa shape index (κ3) is 8.30. The largest absolute Gasteiger partial charge is 0.462 e. The summed E-state index contributed by atoms with van der Waals surface area (Å²) in [6.07, 6.45) is 2.83. The molecule has 0 heterocycles. The van der Waals surface area contributed by atoms with Gasteiger partial charge in [-0.1, -0.05) is 26.0 Å². The van der Waals surface area contributed by atoms with Crippen molar-refractivity contribution in [3.8, 4) is 0 Å². The van der Waals surface area contributed by atoms with Gasteiger partial charge in [0.15, 0.2) is 6.23 Å². The first-order valence-electron chi connectivity index (χ1n) is 7.04. The zero-order valence-electron chi connectivity index (χ0n) is 14.1. The van der Waals surface area contributed by atoms with E-state index in [9.17, 15) is 9.59 Å². The normalized spacial score (nSPS) is 14.3. The molecule has 5 nitrogen and oxygen atoms in total. The summed E-state index contributed by atoms with van der Waals surface area (Å²) in [4.78, 5) is 25.2. The van der Waals surface area contributed by atoms with Crippen LogP contribution in [-0.2, 0) is 19.1 Å². The molecular weight excluding hydrogens is 270 g/mol. The highest BCUT2D eigenvalue weighted by molar-refractivity contribution is 5.90. The van der Waals surface area contributed by atoms with Gasteiger partial charge < -0.3 is 9.47 Å². The molecule has 0 N–H and O–H groups in total. The van der Waals surface area contributed by atoms with Crippen molar-refractivity contribution in [2.24, 2.45) is 5.92 Å². The summed E-state index contributed by atoms with van der Waals surface area (Å²) in [5, 5.41) is 0. The van der Waals surface area contributed by atoms with Crippen molar-refractivity contribution < 1.29 is 19.1 Å². The SMILES string of the molecule is C/C(=C\C=C(/C)C(=O)OC(C)N(C)C)C(=O)OCC(C)C. The van der Waals surface area contributed by atoms with Crippen molar-refractivity contribution in [2.45, 2.75) is 40.8 Å².